The lowest BCUT2D eigenvalue weighted by Crippen LogP contribution is -2.20. The first-order chi connectivity index (χ1) is 11.6. The predicted octanol–water partition coefficient (Wildman–Crippen LogP) is 4.62. The van der Waals surface area contributed by atoms with E-state index in [0.717, 1.165) is 17.9 Å². The van der Waals surface area contributed by atoms with Gasteiger partial charge < -0.3 is 14.8 Å². The number of anilines is 1. The summed E-state index contributed by atoms with van der Waals surface area (Å²) in [5.41, 5.74) is 2.00. The summed E-state index contributed by atoms with van der Waals surface area (Å²) < 4.78 is 10.9. The van der Waals surface area contributed by atoms with Crippen molar-refractivity contribution in [3.63, 3.8) is 0 Å². The number of amides is 1. The van der Waals surface area contributed by atoms with Crippen LogP contribution in [0.4, 0.5) is 5.69 Å². The maximum absolute atomic E-state index is 12.0. The standard InChI is InChI=1S/C20H25NO3/c1-4-15(3)16-6-10-19(11-7-16)24-14-20(22)21-17-8-12-18(13-9-17)23-5-2/h6-13,15H,4-5,14H2,1-3H3,(H,21,22). The molecule has 1 amide bonds. The van der Waals surface area contributed by atoms with Crippen molar-refractivity contribution in [1.82, 2.24) is 0 Å². The Morgan fingerprint density at radius 2 is 1.54 bits per heavy atom. The highest BCUT2D eigenvalue weighted by Crippen LogP contribution is 2.21. The summed E-state index contributed by atoms with van der Waals surface area (Å²) in [6.07, 6.45) is 1.10. The second kappa shape index (κ2) is 8.96. The highest BCUT2D eigenvalue weighted by molar-refractivity contribution is 5.91. The van der Waals surface area contributed by atoms with Crippen molar-refractivity contribution in [1.29, 1.82) is 0 Å². The fourth-order valence-corrected chi connectivity index (χ4v) is 2.28. The molecular formula is C20H25NO3. The van der Waals surface area contributed by atoms with Crippen molar-refractivity contribution in [3.05, 3.63) is 54.1 Å². The summed E-state index contributed by atoms with van der Waals surface area (Å²) >= 11 is 0. The average Bonchev–Trinajstić information content (AvgIpc) is 2.61. The van der Waals surface area contributed by atoms with E-state index < -0.39 is 0 Å². The van der Waals surface area contributed by atoms with Gasteiger partial charge in [0.05, 0.1) is 6.61 Å². The number of hydrogen-bond acceptors (Lipinski definition) is 3. The molecule has 0 aliphatic rings. The molecule has 4 heteroatoms. The van der Waals surface area contributed by atoms with E-state index in [9.17, 15) is 4.79 Å². The molecule has 4 nitrogen and oxygen atoms in total. The molecule has 0 radical (unpaired) electrons. The number of hydrogen-bond donors (Lipinski definition) is 1. The molecule has 0 aliphatic heterocycles. The van der Waals surface area contributed by atoms with Gasteiger partial charge in [-0.15, -0.1) is 0 Å². The molecule has 0 aliphatic carbocycles. The zero-order valence-electron chi connectivity index (χ0n) is 14.5. The van der Waals surface area contributed by atoms with Gasteiger partial charge in [-0.1, -0.05) is 26.0 Å². The average molecular weight is 327 g/mol. The number of nitrogens with one attached hydrogen (secondary N) is 1. The molecule has 1 N–H and O–H groups in total. The van der Waals surface area contributed by atoms with E-state index in [1.807, 2.05) is 55.5 Å². The number of carbonyl (C=O) groups is 1. The van der Waals surface area contributed by atoms with Crippen LogP contribution in [0.5, 0.6) is 11.5 Å². The first-order valence-corrected chi connectivity index (χ1v) is 8.37. The molecule has 2 rings (SSSR count). The predicted molar refractivity (Wildman–Crippen MR) is 96.9 cm³/mol. The third-order valence-electron chi connectivity index (χ3n) is 3.88. The zero-order chi connectivity index (χ0) is 17.4. The van der Waals surface area contributed by atoms with Crippen molar-refractivity contribution >= 4 is 11.6 Å². The summed E-state index contributed by atoms with van der Waals surface area (Å²) in [6, 6.07) is 15.2. The van der Waals surface area contributed by atoms with Crippen LogP contribution < -0.4 is 14.8 Å². The number of carbonyl (C=O) groups excluding carboxylic acids is 1. The van der Waals surface area contributed by atoms with Crippen molar-refractivity contribution in [2.75, 3.05) is 18.5 Å². The fraction of sp³-hybridized carbons (Fsp3) is 0.350. The van der Waals surface area contributed by atoms with Crippen molar-refractivity contribution < 1.29 is 14.3 Å². The number of benzene rings is 2. The normalized spacial score (nSPS) is 11.6. The van der Waals surface area contributed by atoms with Crippen molar-refractivity contribution in [2.45, 2.75) is 33.1 Å². The molecule has 1 unspecified atom stereocenters. The molecule has 2 aromatic rings. The highest BCUT2D eigenvalue weighted by atomic mass is 16.5. The first-order valence-electron chi connectivity index (χ1n) is 8.37. The van der Waals surface area contributed by atoms with Gasteiger partial charge in [-0.2, -0.15) is 0 Å². The molecule has 0 bridgehead atoms. The Hall–Kier alpha value is -2.49. The number of ether oxygens (including phenoxy) is 2. The van der Waals surface area contributed by atoms with E-state index in [4.69, 9.17) is 9.47 Å². The second-order valence-corrected chi connectivity index (χ2v) is 5.67. The third kappa shape index (κ3) is 5.30. The molecule has 0 spiro atoms. The minimum absolute atomic E-state index is 0.0180. The Balaban J connectivity index is 1.82. The molecule has 0 fully saturated rings. The monoisotopic (exact) mass is 327 g/mol. The number of rotatable bonds is 8. The largest absolute Gasteiger partial charge is 0.494 e. The Labute approximate surface area is 143 Å². The van der Waals surface area contributed by atoms with Crippen LogP contribution in [0.25, 0.3) is 0 Å². The van der Waals surface area contributed by atoms with Gasteiger partial charge in [0, 0.05) is 5.69 Å². The van der Waals surface area contributed by atoms with E-state index in [1.54, 1.807) is 0 Å². The van der Waals surface area contributed by atoms with Crippen LogP contribution in [0, 0.1) is 0 Å². The summed E-state index contributed by atoms with van der Waals surface area (Å²) in [6.45, 7) is 6.90. The Kier molecular flexibility index (Phi) is 6.67. The van der Waals surface area contributed by atoms with E-state index in [1.165, 1.54) is 5.56 Å². The van der Waals surface area contributed by atoms with Crippen LogP contribution in [0.3, 0.4) is 0 Å². The smallest absolute Gasteiger partial charge is 0.262 e. The van der Waals surface area contributed by atoms with Gasteiger partial charge in [0.2, 0.25) is 0 Å². The van der Waals surface area contributed by atoms with Crippen molar-refractivity contribution in [2.24, 2.45) is 0 Å². The quantitative estimate of drug-likeness (QED) is 0.770. The van der Waals surface area contributed by atoms with Crippen molar-refractivity contribution in [3.8, 4) is 11.5 Å². The molecular weight excluding hydrogens is 302 g/mol. The molecule has 0 saturated carbocycles. The van der Waals surface area contributed by atoms with Gasteiger partial charge in [0.1, 0.15) is 11.5 Å². The maximum atomic E-state index is 12.0. The highest BCUT2D eigenvalue weighted by Gasteiger charge is 2.06. The van der Waals surface area contributed by atoms with E-state index >= 15 is 0 Å². The van der Waals surface area contributed by atoms with Crippen LogP contribution in [0.15, 0.2) is 48.5 Å². The van der Waals surface area contributed by atoms with E-state index in [-0.39, 0.29) is 12.5 Å². The SMILES string of the molecule is CCOc1ccc(NC(=O)COc2ccc(C(C)CC)cc2)cc1. The summed E-state index contributed by atoms with van der Waals surface area (Å²) in [7, 11) is 0. The molecule has 128 valence electrons. The fourth-order valence-electron chi connectivity index (χ4n) is 2.28. The summed E-state index contributed by atoms with van der Waals surface area (Å²) in [5, 5.41) is 2.80. The van der Waals surface area contributed by atoms with Gasteiger partial charge in [-0.3, -0.25) is 4.79 Å². The first kappa shape index (κ1) is 17.9. The lowest BCUT2D eigenvalue weighted by molar-refractivity contribution is -0.118. The third-order valence-corrected chi connectivity index (χ3v) is 3.88. The lowest BCUT2D eigenvalue weighted by atomic mass is 9.99. The Bertz CT molecular complexity index is 635. The molecule has 0 aromatic heterocycles. The van der Waals surface area contributed by atoms with Crippen LogP contribution in [-0.4, -0.2) is 19.1 Å². The zero-order valence-corrected chi connectivity index (χ0v) is 14.5. The molecule has 0 heterocycles. The molecule has 2 aromatic carbocycles. The second-order valence-electron chi connectivity index (χ2n) is 5.67. The van der Waals surface area contributed by atoms with Crippen LogP contribution in [-0.2, 0) is 4.79 Å². The Morgan fingerprint density at radius 1 is 0.958 bits per heavy atom. The molecule has 1 atom stereocenters. The lowest BCUT2D eigenvalue weighted by Gasteiger charge is -2.11. The summed E-state index contributed by atoms with van der Waals surface area (Å²) in [5.74, 6) is 1.82. The van der Waals surface area contributed by atoms with Gasteiger partial charge in [0.25, 0.3) is 5.91 Å². The van der Waals surface area contributed by atoms with Crippen LogP contribution in [0.1, 0.15) is 38.7 Å². The molecule has 24 heavy (non-hydrogen) atoms. The molecule has 0 saturated heterocycles. The van der Waals surface area contributed by atoms with Crippen LogP contribution >= 0.6 is 0 Å². The van der Waals surface area contributed by atoms with Gasteiger partial charge in [-0.05, 0) is 61.2 Å². The van der Waals surface area contributed by atoms with Crippen LogP contribution in [0.2, 0.25) is 0 Å². The minimum atomic E-state index is -0.190. The van der Waals surface area contributed by atoms with E-state index in [2.05, 4.69) is 19.2 Å². The van der Waals surface area contributed by atoms with E-state index in [0.29, 0.717) is 18.3 Å². The van der Waals surface area contributed by atoms with Gasteiger partial charge >= 0.3 is 0 Å². The summed E-state index contributed by atoms with van der Waals surface area (Å²) in [4.78, 5) is 12.0. The topological polar surface area (TPSA) is 47.6 Å². The Morgan fingerprint density at radius 3 is 2.12 bits per heavy atom. The maximum Gasteiger partial charge on any atom is 0.262 e. The van der Waals surface area contributed by atoms with Gasteiger partial charge in [-0.25, -0.2) is 0 Å². The minimum Gasteiger partial charge on any atom is -0.494 e. The van der Waals surface area contributed by atoms with Gasteiger partial charge in [0.15, 0.2) is 6.61 Å².